The summed E-state index contributed by atoms with van der Waals surface area (Å²) < 4.78 is 6.32. The topological polar surface area (TPSA) is 21.3 Å². The van der Waals surface area contributed by atoms with Crippen molar-refractivity contribution < 1.29 is 4.74 Å². The molecule has 2 nitrogen and oxygen atoms in total. The third-order valence-corrected chi connectivity index (χ3v) is 5.25. The van der Waals surface area contributed by atoms with Crippen LogP contribution in [0.15, 0.2) is 22.7 Å². The molecule has 2 unspecified atom stereocenters. The SMILES string of the molecule is COc1ccc(C(C)NC2CCCCC2(C)C)cc1Br. The number of rotatable bonds is 4. The van der Waals surface area contributed by atoms with Crippen molar-refractivity contribution in [3.05, 3.63) is 28.2 Å². The zero-order valence-corrected chi connectivity index (χ0v) is 14.6. The fraction of sp³-hybridized carbons (Fsp3) is 0.647. The van der Waals surface area contributed by atoms with Crippen molar-refractivity contribution in [3.63, 3.8) is 0 Å². The molecule has 1 saturated carbocycles. The molecule has 0 heterocycles. The third kappa shape index (κ3) is 3.56. The van der Waals surface area contributed by atoms with Gasteiger partial charge >= 0.3 is 0 Å². The molecule has 0 spiro atoms. The Labute approximate surface area is 131 Å². The second-order valence-electron chi connectivity index (χ2n) is 6.57. The fourth-order valence-electron chi connectivity index (χ4n) is 3.15. The van der Waals surface area contributed by atoms with Gasteiger partial charge in [0.25, 0.3) is 0 Å². The van der Waals surface area contributed by atoms with Crippen LogP contribution >= 0.6 is 15.9 Å². The second-order valence-corrected chi connectivity index (χ2v) is 7.42. The van der Waals surface area contributed by atoms with Crippen LogP contribution in [0.3, 0.4) is 0 Å². The van der Waals surface area contributed by atoms with Gasteiger partial charge in [-0.25, -0.2) is 0 Å². The van der Waals surface area contributed by atoms with E-state index in [1.54, 1.807) is 7.11 Å². The summed E-state index contributed by atoms with van der Waals surface area (Å²) in [6, 6.07) is 7.30. The largest absolute Gasteiger partial charge is 0.496 e. The lowest BCUT2D eigenvalue weighted by Gasteiger charge is -2.41. The van der Waals surface area contributed by atoms with E-state index in [0.717, 1.165) is 10.2 Å². The molecular formula is C17H26BrNO. The molecule has 0 aliphatic heterocycles. The highest BCUT2D eigenvalue weighted by molar-refractivity contribution is 9.10. The van der Waals surface area contributed by atoms with Gasteiger partial charge in [0.2, 0.25) is 0 Å². The van der Waals surface area contributed by atoms with Crippen LogP contribution in [-0.2, 0) is 0 Å². The molecule has 1 aromatic carbocycles. The standard InChI is InChI=1S/C17H26BrNO/c1-12(13-8-9-15(20-4)14(18)11-13)19-16-7-5-6-10-17(16,2)3/h8-9,11-12,16,19H,5-7,10H2,1-4H3. The normalized spacial score (nSPS) is 23.4. The highest BCUT2D eigenvalue weighted by Gasteiger charge is 2.32. The predicted molar refractivity (Wildman–Crippen MR) is 88.3 cm³/mol. The number of halogens is 1. The molecule has 1 aliphatic carbocycles. The van der Waals surface area contributed by atoms with Crippen molar-refractivity contribution >= 4 is 15.9 Å². The minimum atomic E-state index is 0.361. The van der Waals surface area contributed by atoms with Crippen molar-refractivity contribution in [1.82, 2.24) is 5.32 Å². The first-order valence-electron chi connectivity index (χ1n) is 7.53. The van der Waals surface area contributed by atoms with E-state index >= 15 is 0 Å². The highest BCUT2D eigenvalue weighted by atomic mass is 79.9. The van der Waals surface area contributed by atoms with Gasteiger partial charge in [0.15, 0.2) is 0 Å². The molecule has 1 fully saturated rings. The quantitative estimate of drug-likeness (QED) is 0.825. The molecule has 0 radical (unpaired) electrons. The average Bonchev–Trinajstić information content (AvgIpc) is 2.41. The minimum Gasteiger partial charge on any atom is -0.496 e. The lowest BCUT2D eigenvalue weighted by Crippen LogP contribution is -2.45. The number of hydrogen-bond donors (Lipinski definition) is 1. The van der Waals surface area contributed by atoms with Crippen molar-refractivity contribution in [1.29, 1.82) is 0 Å². The van der Waals surface area contributed by atoms with Gasteiger partial charge in [-0.15, -0.1) is 0 Å². The molecule has 112 valence electrons. The lowest BCUT2D eigenvalue weighted by atomic mass is 9.73. The van der Waals surface area contributed by atoms with Crippen molar-refractivity contribution in [2.75, 3.05) is 7.11 Å². The van der Waals surface area contributed by atoms with Crippen LogP contribution < -0.4 is 10.1 Å². The summed E-state index contributed by atoms with van der Waals surface area (Å²) in [4.78, 5) is 0. The summed E-state index contributed by atoms with van der Waals surface area (Å²) in [5, 5.41) is 3.83. The zero-order valence-electron chi connectivity index (χ0n) is 13.0. The van der Waals surface area contributed by atoms with E-state index in [4.69, 9.17) is 4.74 Å². The molecule has 2 atom stereocenters. The Kier molecular flexibility index (Phi) is 5.14. The van der Waals surface area contributed by atoms with E-state index in [-0.39, 0.29) is 0 Å². The maximum Gasteiger partial charge on any atom is 0.133 e. The summed E-state index contributed by atoms with van der Waals surface area (Å²) in [5.41, 5.74) is 1.70. The van der Waals surface area contributed by atoms with Crippen LogP contribution in [-0.4, -0.2) is 13.2 Å². The summed E-state index contributed by atoms with van der Waals surface area (Å²) in [5.74, 6) is 0.888. The monoisotopic (exact) mass is 339 g/mol. The van der Waals surface area contributed by atoms with Crippen LogP contribution in [0.4, 0.5) is 0 Å². The van der Waals surface area contributed by atoms with E-state index in [1.165, 1.54) is 31.2 Å². The molecular weight excluding hydrogens is 314 g/mol. The highest BCUT2D eigenvalue weighted by Crippen LogP contribution is 2.37. The van der Waals surface area contributed by atoms with Gasteiger partial charge in [-0.2, -0.15) is 0 Å². The molecule has 0 saturated heterocycles. The summed E-state index contributed by atoms with van der Waals surface area (Å²) >= 11 is 3.57. The lowest BCUT2D eigenvalue weighted by molar-refractivity contribution is 0.157. The smallest absolute Gasteiger partial charge is 0.133 e. The van der Waals surface area contributed by atoms with Gasteiger partial charge in [0.05, 0.1) is 11.6 Å². The summed E-state index contributed by atoms with van der Waals surface area (Å²) in [6.07, 6.45) is 5.33. The number of benzene rings is 1. The third-order valence-electron chi connectivity index (χ3n) is 4.63. The van der Waals surface area contributed by atoms with Gasteiger partial charge in [-0.05, 0) is 58.8 Å². The van der Waals surface area contributed by atoms with Crippen LogP contribution in [0.5, 0.6) is 5.75 Å². The predicted octanol–water partition coefficient (Wildman–Crippen LogP) is 5.08. The van der Waals surface area contributed by atoms with E-state index in [2.05, 4.69) is 54.2 Å². The van der Waals surface area contributed by atoms with Crippen molar-refractivity contribution in [2.45, 2.75) is 58.5 Å². The van der Waals surface area contributed by atoms with Gasteiger partial charge in [0, 0.05) is 12.1 Å². The second kappa shape index (κ2) is 6.48. The zero-order chi connectivity index (χ0) is 14.8. The molecule has 0 aromatic heterocycles. The van der Waals surface area contributed by atoms with Crippen LogP contribution in [0.2, 0.25) is 0 Å². The fourth-order valence-corrected chi connectivity index (χ4v) is 3.71. The molecule has 0 bridgehead atoms. The number of methoxy groups -OCH3 is 1. The maximum absolute atomic E-state index is 5.30. The van der Waals surface area contributed by atoms with E-state index in [9.17, 15) is 0 Å². The summed E-state index contributed by atoms with van der Waals surface area (Å²) in [7, 11) is 1.70. The Balaban J connectivity index is 2.07. The molecule has 1 N–H and O–H groups in total. The molecule has 1 aromatic rings. The first kappa shape index (κ1) is 15.8. The number of nitrogens with one attached hydrogen (secondary N) is 1. The van der Waals surface area contributed by atoms with Crippen molar-refractivity contribution in [3.8, 4) is 5.75 Å². The molecule has 20 heavy (non-hydrogen) atoms. The Hall–Kier alpha value is -0.540. The first-order valence-corrected chi connectivity index (χ1v) is 8.33. The molecule has 0 amide bonds. The van der Waals surface area contributed by atoms with Gasteiger partial charge in [-0.1, -0.05) is 32.8 Å². The van der Waals surface area contributed by atoms with Crippen LogP contribution in [0, 0.1) is 5.41 Å². The Morgan fingerprint density at radius 2 is 2.10 bits per heavy atom. The number of hydrogen-bond acceptors (Lipinski definition) is 2. The Morgan fingerprint density at radius 1 is 1.35 bits per heavy atom. The van der Waals surface area contributed by atoms with Crippen molar-refractivity contribution in [2.24, 2.45) is 5.41 Å². The molecule has 2 rings (SSSR count). The minimum absolute atomic E-state index is 0.361. The van der Waals surface area contributed by atoms with Gasteiger partial charge in [-0.3, -0.25) is 0 Å². The Bertz CT molecular complexity index is 458. The maximum atomic E-state index is 5.30. The first-order chi connectivity index (χ1) is 9.44. The van der Waals surface area contributed by atoms with Crippen LogP contribution in [0.25, 0.3) is 0 Å². The van der Waals surface area contributed by atoms with Gasteiger partial charge < -0.3 is 10.1 Å². The molecule has 1 aliphatic rings. The summed E-state index contributed by atoms with van der Waals surface area (Å²) in [6.45, 7) is 7.03. The number of ether oxygens (including phenoxy) is 1. The van der Waals surface area contributed by atoms with E-state index in [0.29, 0.717) is 17.5 Å². The Morgan fingerprint density at radius 3 is 2.70 bits per heavy atom. The van der Waals surface area contributed by atoms with Gasteiger partial charge in [0.1, 0.15) is 5.75 Å². The van der Waals surface area contributed by atoms with Crippen LogP contribution in [0.1, 0.15) is 58.1 Å². The molecule has 3 heteroatoms. The average molecular weight is 340 g/mol. The van der Waals surface area contributed by atoms with E-state index in [1.807, 2.05) is 6.07 Å². The van der Waals surface area contributed by atoms with E-state index < -0.39 is 0 Å².